The Morgan fingerprint density at radius 2 is 1.23 bits per heavy atom. The minimum absolute atomic E-state index is 0.00609. The van der Waals surface area contributed by atoms with E-state index in [9.17, 15) is 61.8 Å². The topological polar surface area (TPSA) is 292 Å². The minimum atomic E-state index is -4.88. The summed E-state index contributed by atoms with van der Waals surface area (Å²) in [5, 5.41) is 14.0. The molecule has 1 aliphatic heterocycles. The average Bonchev–Trinajstić information content (AvgIpc) is 3.12. The van der Waals surface area contributed by atoms with Crippen LogP contribution in [0.1, 0.15) is 21.5 Å². The van der Waals surface area contributed by atoms with Crippen LogP contribution in [-0.2, 0) is 53.3 Å². The molecule has 0 saturated carbocycles. The van der Waals surface area contributed by atoms with E-state index in [0.717, 1.165) is 24.3 Å². The van der Waals surface area contributed by atoms with Crippen LogP contribution >= 0.6 is 0 Å². The van der Waals surface area contributed by atoms with Gasteiger partial charge in [-0.15, -0.1) is 0 Å². The summed E-state index contributed by atoms with van der Waals surface area (Å²) in [7, 11) is -19.3. The lowest BCUT2D eigenvalue weighted by atomic mass is 9.90. The van der Waals surface area contributed by atoms with Crippen molar-refractivity contribution in [3.05, 3.63) is 119 Å². The molecule has 4 aromatic rings. The number of hydrogen-bond acceptors (Lipinski definition) is 12. The molecule has 1 heterocycles. The number of carboxylic acids is 1. The van der Waals surface area contributed by atoms with E-state index in [0.29, 0.717) is 45.3 Å². The largest absolute Gasteiger partial charge is 0.478 e. The highest BCUT2D eigenvalue weighted by Gasteiger charge is 2.24. The van der Waals surface area contributed by atoms with Gasteiger partial charge in [0.25, 0.3) is 40.5 Å². The summed E-state index contributed by atoms with van der Waals surface area (Å²) >= 11 is 0. The second kappa shape index (κ2) is 15.4. The molecule has 0 bridgehead atoms. The summed E-state index contributed by atoms with van der Waals surface area (Å²) in [5.74, 6) is -0.913. The zero-order chi connectivity index (χ0) is 41.5. The zero-order valence-corrected chi connectivity index (χ0v) is 32.2. The monoisotopic (exact) mass is 858 g/mol. The first-order valence-corrected chi connectivity index (χ1v) is 22.1. The Morgan fingerprint density at radius 1 is 0.632 bits per heavy atom. The molecule has 0 radical (unpaired) electrons. The van der Waals surface area contributed by atoms with E-state index < -0.39 is 66.0 Å². The predicted octanol–water partition coefficient (Wildman–Crippen LogP) is 4.69. The van der Waals surface area contributed by atoms with Crippen molar-refractivity contribution in [3.8, 4) is 22.5 Å². The Labute approximate surface area is 325 Å². The van der Waals surface area contributed by atoms with E-state index in [1.165, 1.54) is 6.07 Å². The SMILES string of the molecule is O=C(O)c1ccccc1-c1c2ccc(=NCCc3ccc(S(=O)(=O)O)cc3S(=O)(=O)O)cc-2oc2cc(NCCc3ccc(S(=O)(=O)O)cc3S(=O)(=O)O)ccc12. The van der Waals surface area contributed by atoms with E-state index >= 15 is 0 Å². The van der Waals surface area contributed by atoms with Crippen LogP contribution in [0.4, 0.5) is 5.69 Å². The number of carboxylic acid groups (broad SMARTS) is 1. The molecule has 0 aromatic heterocycles. The number of nitrogens with one attached hydrogen (secondary N) is 1. The van der Waals surface area contributed by atoms with Gasteiger partial charge in [-0.3, -0.25) is 23.2 Å². The number of carbonyl (C=O) groups is 1. The van der Waals surface area contributed by atoms with Gasteiger partial charge in [-0.25, -0.2) is 4.79 Å². The molecule has 0 unspecified atom stereocenters. The molecule has 0 saturated heterocycles. The van der Waals surface area contributed by atoms with Gasteiger partial charge in [-0.1, -0.05) is 30.3 Å². The van der Waals surface area contributed by atoms with Gasteiger partial charge in [0, 0.05) is 47.4 Å². The van der Waals surface area contributed by atoms with Crippen molar-refractivity contribution in [3.63, 3.8) is 0 Å². The molecule has 298 valence electrons. The van der Waals surface area contributed by atoms with Crippen LogP contribution in [0.5, 0.6) is 0 Å². The molecule has 0 atom stereocenters. The summed E-state index contributed by atoms with van der Waals surface area (Å²) in [6.45, 7) is 0.0236. The fourth-order valence-electron chi connectivity index (χ4n) is 6.20. The summed E-state index contributed by atoms with van der Waals surface area (Å²) in [4.78, 5) is 13.9. The van der Waals surface area contributed by atoms with Gasteiger partial charge < -0.3 is 14.8 Å². The lowest BCUT2D eigenvalue weighted by molar-refractivity contribution is 0.0697. The Bertz CT molecular complexity index is 3090. The molecule has 0 spiro atoms. The fraction of sp³-hybridized carbons (Fsp3) is 0.111. The molecule has 17 nitrogen and oxygen atoms in total. The van der Waals surface area contributed by atoms with Crippen LogP contribution in [0, 0.1) is 0 Å². The number of fused-ring (bicyclic) bond motifs is 2. The second-order valence-electron chi connectivity index (χ2n) is 12.5. The summed E-state index contributed by atoms with van der Waals surface area (Å²) in [5.41, 5.74) is 2.25. The molecule has 1 aliphatic carbocycles. The van der Waals surface area contributed by atoms with E-state index in [-0.39, 0.29) is 54.0 Å². The second-order valence-corrected chi connectivity index (χ2v) is 18.1. The summed E-state index contributed by atoms with van der Waals surface area (Å²) in [6.07, 6.45) is -0.0945. The quantitative estimate of drug-likeness (QED) is 0.0678. The van der Waals surface area contributed by atoms with Crippen LogP contribution in [0.3, 0.4) is 0 Å². The molecule has 6 N–H and O–H groups in total. The van der Waals surface area contributed by atoms with Gasteiger partial charge in [-0.05, 0) is 84.1 Å². The molecule has 0 amide bonds. The third kappa shape index (κ3) is 9.21. The Kier molecular flexibility index (Phi) is 11.1. The van der Waals surface area contributed by atoms with Crippen molar-refractivity contribution >= 4 is 63.1 Å². The van der Waals surface area contributed by atoms with Crippen molar-refractivity contribution < 1.29 is 66.2 Å². The van der Waals surface area contributed by atoms with Crippen LogP contribution in [0.25, 0.3) is 33.4 Å². The van der Waals surface area contributed by atoms with Crippen molar-refractivity contribution in [2.24, 2.45) is 4.99 Å². The Balaban J connectivity index is 1.38. The molecule has 21 heteroatoms. The standard InChI is InChI=1S/C36H30N2O15S4/c39-36(40)28-4-2-1-3-27(28)35-29-11-7-23(37-15-13-21-5-9-25(54(41,42)43)19-33(21)56(47,48)49)17-31(29)53-32-18-24(8-12-30(32)35)38-16-14-22-6-10-26(55(44,45)46)20-34(22)57(50,51)52/h1-12,17-20,37H,13-16H2,(H,39,40)(H,41,42,43)(H,44,45,46)(H,47,48,49)(H,50,51,52). The van der Waals surface area contributed by atoms with Gasteiger partial charge in [0.15, 0.2) is 0 Å². The first-order chi connectivity index (χ1) is 26.6. The van der Waals surface area contributed by atoms with Gasteiger partial charge in [-0.2, -0.15) is 33.7 Å². The van der Waals surface area contributed by atoms with Gasteiger partial charge >= 0.3 is 5.97 Å². The number of benzene rings is 5. The van der Waals surface area contributed by atoms with E-state index in [2.05, 4.69) is 10.3 Å². The molecular formula is C36H30N2O15S4. The predicted molar refractivity (Wildman–Crippen MR) is 204 cm³/mol. The number of aromatic carboxylic acids is 1. The van der Waals surface area contributed by atoms with Crippen molar-refractivity contribution in [1.82, 2.24) is 0 Å². The third-order valence-electron chi connectivity index (χ3n) is 8.76. The zero-order valence-electron chi connectivity index (χ0n) is 29.0. The first-order valence-electron chi connectivity index (χ1n) is 16.3. The number of hydrogen-bond donors (Lipinski definition) is 6. The fourth-order valence-corrected chi connectivity index (χ4v) is 8.91. The molecule has 57 heavy (non-hydrogen) atoms. The maximum absolute atomic E-state index is 12.3. The highest BCUT2D eigenvalue weighted by atomic mass is 32.2. The lowest BCUT2D eigenvalue weighted by Crippen LogP contribution is -2.11. The number of rotatable bonds is 13. The number of anilines is 1. The first kappa shape index (κ1) is 41.1. The maximum Gasteiger partial charge on any atom is 0.336 e. The maximum atomic E-state index is 12.3. The van der Waals surface area contributed by atoms with Crippen molar-refractivity contribution in [2.45, 2.75) is 32.4 Å². The van der Waals surface area contributed by atoms with Gasteiger partial charge in [0.05, 0.1) is 30.5 Å². The summed E-state index contributed by atoms with van der Waals surface area (Å²) in [6, 6.07) is 21.8. The van der Waals surface area contributed by atoms with Gasteiger partial charge in [0.2, 0.25) is 0 Å². The van der Waals surface area contributed by atoms with Crippen LogP contribution in [-0.4, -0.2) is 76.0 Å². The van der Waals surface area contributed by atoms with Gasteiger partial charge in [0.1, 0.15) is 11.3 Å². The lowest BCUT2D eigenvalue weighted by Gasteiger charge is -2.18. The van der Waals surface area contributed by atoms with E-state index in [1.807, 2.05) is 0 Å². The molecule has 2 aliphatic rings. The molecule has 4 aromatic carbocycles. The summed E-state index contributed by atoms with van der Waals surface area (Å²) < 4.78 is 139. The normalized spacial score (nSPS) is 12.9. The van der Waals surface area contributed by atoms with Crippen molar-refractivity contribution in [2.75, 3.05) is 18.4 Å². The highest BCUT2D eigenvalue weighted by Crippen LogP contribution is 2.41. The van der Waals surface area contributed by atoms with Crippen LogP contribution in [0.15, 0.2) is 126 Å². The van der Waals surface area contributed by atoms with Crippen molar-refractivity contribution in [1.29, 1.82) is 0 Å². The third-order valence-corrected chi connectivity index (χ3v) is 12.3. The average molecular weight is 859 g/mol. The molecule has 6 rings (SSSR count). The minimum Gasteiger partial charge on any atom is -0.478 e. The highest BCUT2D eigenvalue weighted by molar-refractivity contribution is 7.87. The van der Waals surface area contributed by atoms with Crippen LogP contribution < -0.4 is 10.7 Å². The Hall–Kier alpha value is -5.52. The van der Waals surface area contributed by atoms with Crippen LogP contribution in [0.2, 0.25) is 0 Å². The smallest absolute Gasteiger partial charge is 0.336 e. The Morgan fingerprint density at radius 3 is 1.81 bits per heavy atom. The number of nitrogens with zero attached hydrogens (tertiary/aromatic N) is 1. The van der Waals surface area contributed by atoms with E-state index in [1.54, 1.807) is 54.6 Å². The van der Waals surface area contributed by atoms with E-state index in [4.69, 9.17) is 4.42 Å². The molecule has 0 fully saturated rings. The molecular weight excluding hydrogens is 829 g/mol.